The third kappa shape index (κ3) is 5.02. The molecule has 15 heteroatoms. The highest BCUT2D eigenvalue weighted by atomic mass is 32.1. The van der Waals surface area contributed by atoms with Gasteiger partial charge < -0.3 is 15.3 Å². The van der Waals surface area contributed by atoms with Crippen molar-refractivity contribution in [2.45, 2.75) is 25.1 Å². The van der Waals surface area contributed by atoms with Gasteiger partial charge in [0.25, 0.3) is 5.91 Å². The Kier molecular flexibility index (Phi) is 6.71. The van der Waals surface area contributed by atoms with Crippen LogP contribution in [-0.2, 0) is 6.18 Å². The summed E-state index contributed by atoms with van der Waals surface area (Å²) in [7, 11) is 0. The number of aliphatic hydroxyl groups excluding tert-OH is 1. The predicted molar refractivity (Wildman–Crippen MR) is 130 cm³/mol. The summed E-state index contributed by atoms with van der Waals surface area (Å²) in [5, 5.41) is 21.3. The number of hydrogen-bond donors (Lipinski definition) is 4. The van der Waals surface area contributed by atoms with Crippen LogP contribution in [0.15, 0.2) is 36.7 Å². The molecule has 1 fully saturated rings. The molecule has 38 heavy (non-hydrogen) atoms. The van der Waals surface area contributed by atoms with Crippen LogP contribution in [0, 0.1) is 5.82 Å². The molecule has 4 aromatic rings. The Morgan fingerprint density at radius 1 is 1.21 bits per heavy atom. The molecule has 1 unspecified atom stereocenters. The highest BCUT2D eigenvalue weighted by Gasteiger charge is 2.32. The van der Waals surface area contributed by atoms with Crippen LogP contribution in [0.3, 0.4) is 0 Å². The van der Waals surface area contributed by atoms with E-state index in [-0.39, 0.29) is 23.7 Å². The Labute approximate surface area is 215 Å². The Hall–Kier alpha value is -4.11. The Morgan fingerprint density at radius 2 is 2.03 bits per heavy atom. The molecular weight excluding hydrogens is 530 g/mol. The molecule has 0 bridgehead atoms. The lowest BCUT2D eigenvalue weighted by Crippen LogP contribution is -2.37. The third-order valence-corrected chi connectivity index (χ3v) is 6.96. The summed E-state index contributed by atoms with van der Waals surface area (Å²) >= 11 is 0.987. The second-order valence-electron chi connectivity index (χ2n) is 8.47. The average Bonchev–Trinajstić information content (AvgIpc) is 3.64. The van der Waals surface area contributed by atoms with E-state index < -0.39 is 29.3 Å². The number of amides is 3. The number of urea groups is 1. The first-order chi connectivity index (χ1) is 18.1. The number of aromatic nitrogens is 4. The molecule has 0 radical (unpaired) electrons. The highest BCUT2D eigenvalue weighted by Crippen LogP contribution is 2.33. The number of halogens is 4. The minimum absolute atomic E-state index is 0.0594. The molecule has 0 saturated carbocycles. The zero-order chi connectivity index (χ0) is 27.0. The van der Waals surface area contributed by atoms with Gasteiger partial charge in [0, 0.05) is 12.7 Å². The van der Waals surface area contributed by atoms with E-state index in [0.717, 1.165) is 17.8 Å². The lowest BCUT2D eigenvalue weighted by atomic mass is 10.1. The van der Waals surface area contributed by atoms with Gasteiger partial charge in [-0.1, -0.05) is 11.3 Å². The van der Waals surface area contributed by atoms with E-state index in [1.54, 1.807) is 11.0 Å². The number of nitrogens with zero attached hydrogens (tertiary/aromatic N) is 4. The van der Waals surface area contributed by atoms with Crippen molar-refractivity contribution in [1.29, 1.82) is 0 Å². The van der Waals surface area contributed by atoms with E-state index in [0.29, 0.717) is 58.3 Å². The van der Waals surface area contributed by atoms with Crippen molar-refractivity contribution in [1.82, 2.24) is 25.1 Å². The minimum Gasteiger partial charge on any atom is -0.394 e. The first-order valence-corrected chi connectivity index (χ1v) is 12.1. The quantitative estimate of drug-likeness (QED) is 0.271. The van der Waals surface area contributed by atoms with E-state index in [1.165, 1.54) is 12.4 Å². The molecule has 1 atom stereocenters. The number of rotatable bonds is 5. The van der Waals surface area contributed by atoms with Crippen LogP contribution in [0.4, 0.5) is 33.2 Å². The van der Waals surface area contributed by atoms with Crippen LogP contribution in [0.2, 0.25) is 0 Å². The van der Waals surface area contributed by atoms with Crippen LogP contribution < -0.4 is 10.6 Å². The number of aliphatic hydroxyl groups is 1. The number of carbonyl (C=O) groups excluding carboxylic acids is 2. The maximum atomic E-state index is 14.0. The normalized spacial score (nSPS) is 15.7. The fourth-order valence-electron chi connectivity index (χ4n) is 4.18. The Bertz CT molecular complexity index is 1520. The first-order valence-electron chi connectivity index (χ1n) is 11.3. The number of H-pyrrole nitrogens is 1. The van der Waals surface area contributed by atoms with E-state index in [9.17, 15) is 32.3 Å². The second-order valence-corrected chi connectivity index (χ2v) is 9.50. The van der Waals surface area contributed by atoms with Crippen LogP contribution >= 0.6 is 11.3 Å². The summed E-state index contributed by atoms with van der Waals surface area (Å²) in [6.07, 6.45) is -0.344. The van der Waals surface area contributed by atoms with Gasteiger partial charge >= 0.3 is 12.2 Å². The largest absolute Gasteiger partial charge is 0.416 e. The van der Waals surface area contributed by atoms with Crippen LogP contribution in [0.5, 0.6) is 0 Å². The molecule has 0 spiro atoms. The van der Waals surface area contributed by atoms with Gasteiger partial charge in [-0.25, -0.2) is 19.2 Å². The summed E-state index contributed by atoms with van der Waals surface area (Å²) in [4.78, 5) is 36.3. The standard InChI is InChI=1S/C23H19F4N7O3S/c24-15-4-3-11(23(25,26)27)6-16(15)31-21(37)32-22-28-9-18(38-22)17-7-13(14-8-29-33-19(14)30-17)20(36)34-5-1-2-12(34)10-35/h3-4,6-9,12,35H,1-2,5,10H2,(H,29,30,33)(H2,28,31,32,37). The molecule has 3 aromatic heterocycles. The summed E-state index contributed by atoms with van der Waals surface area (Å²) in [6, 6.07) is 1.97. The number of hydrogen-bond acceptors (Lipinski definition) is 7. The highest BCUT2D eigenvalue weighted by molar-refractivity contribution is 7.19. The third-order valence-electron chi connectivity index (χ3n) is 6.02. The smallest absolute Gasteiger partial charge is 0.394 e. The maximum absolute atomic E-state index is 14.0. The number of nitrogens with one attached hydrogen (secondary N) is 3. The van der Waals surface area contributed by atoms with E-state index in [4.69, 9.17) is 0 Å². The number of carbonyl (C=O) groups is 2. The summed E-state index contributed by atoms with van der Waals surface area (Å²) in [6.45, 7) is 0.367. The molecule has 1 saturated heterocycles. The number of benzene rings is 1. The summed E-state index contributed by atoms with van der Waals surface area (Å²) in [5.74, 6) is -1.31. The van der Waals surface area contributed by atoms with Crippen molar-refractivity contribution in [2.24, 2.45) is 0 Å². The molecule has 0 aliphatic carbocycles. The molecule has 10 nitrogen and oxygen atoms in total. The van der Waals surface area contributed by atoms with Crippen LogP contribution in [0.1, 0.15) is 28.8 Å². The number of anilines is 2. The fourth-order valence-corrected chi connectivity index (χ4v) is 4.95. The van der Waals surface area contributed by atoms with E-state index in [1.807, 2.05) is 5.32 Å². The number of aromatic amines is 1. The maximum Gasteiger partial charge on any atom is 0.416 e. The van der Waals surface area contributed by atoms with Crippen molar-refractivity contribution >= 4 is 45.1 Å². The number of fused-ring (bicyclic) bond motifs is 1. The topological polar surface area (TPSA) is 136 Å². The second kappa shape index (κ2) is 9.98. The molecule has 198 valence electrons. The number of thiazole rings is 1. The van der Waals surface area contributed by atoms with Gasteiger partial charge in [0.1, 0.15) is 5.82 Å². The SMILES string of the molecule is O=C(Nc1ncc(-c2cc(C(=O)N3CCCC3CO)c3cn[nH]c3n2)s1)Nc1cc(C(F)(F)F)ccc1F. The molecule has 1 aliphatic rings. The Balaban J connectivity index is 1.36. The lowest BCUT2D eigenvalue weighted by Gasteiger charge is -2.23. The molecule has 3 amide bonds. The number of pyridine rings is 1. The van der Waals surface area contributed by atoms with Gasteiger partial charge in [-0.2, -0.15) is 18.3 Å². The number of alkyl halides is 3. The van der Waals surface area contributed by atoms with Gasteiger partial charge in [-0.05, 0) is 37.1 Å². The minimum atomic E-state index is -4.71. The molecule has 4 heterocycles. The van der Waals surface area contributed by atoms with Gasteiger partial charge in [-0.15, -0.1) is 0 Å². The van der Waals surface area contributed by atoms with Crippen molar-refractivity contribution in [3.05, 3.63) is 53.6 Å². The molecule has 5 rings (SSSR count). The summed E-state index contributed by atoms with van der Waals surface area (Å²) in [5.41, 5.74) is -0.715. The van der Waals surface area contributed by atoms with Crippen molar-refractivity contribution < 1.29 is 32.3 Å². The van der Waals surface area contributed by atoms with E-state index >= 15 is 0 Å². The molecule has 1 aromatic carbocycles. The summed E-state index contributed by atoms with van der Waals surface area (Å²) < 4.78 is 52.7. The predicted octanol–water partition coefficient (Wildman–Crippen LogP) is 4.48. The lowest BCUT2D eigenvalue weighted by molar-refractivity contribution is -0.137. The molecule has 1 aliphatic heterocycles. The monoisotopic (exact) mass is 549 g/mol. The molecular formula is C23H19F4N7O3S. The van der Waals surface area contributed by atoms with Crippen molar-refractivity contribution in [3.8, 4) is 10.6 Å². The van der Waals surface area contributed by atoms with Crippen molar-refractivity contribution in [3.63, 3.8) is 0 Å². The number of likely N-dealkylation sites (tertiary alicyclic amines) is 1. The fraction of sp³-hybridized carbons (Fsp3) is 0.261. The van der Waals surface area contributed by atoms with Crippen molar-refractivity contribution in [2.75, 3.05) is 23.8 Å². The zero-order valence-corrected chi connectivity index (χ0v) is 20.2. The van der Waals surface area contributed by atoms with Gasteiger partial charge in [0.05, 0.1) is 51.6 Å². The first kappa shape index (κ1) is 25.5. The molecule has 4 N–H and O–H groups in total. The Morgan fingerprint density at radius 3 is 2.79 bits per heavy atom. The van der Waals surface area contributed by atoms with Gasteiger partial charge in [0.2, 0.25) is 0 Å². The average molecular weight is 550 g/mol. The van der Waals surface area contributed by atoms with Crippen LogP contribution in [-0.4, -0.2) is 61.3 Å². The zero-order valence-electron chi connectivity index (χ0n) is 19.3. The van der Waals surface area contributed by atoms with Gasteiger partial charge in [0.15, 0.2) is 10.8 Å². The van der Waals surface area contributed by atoms with Crippen LogP contribution in [0.25, 0.3) is 21.6 Å². The van der Waals surface area contributed by atoms with Gasteiger partial charge in [-0.3, -0.25) is 15.2 Å². The van der Waals surface area contributed by atoms with E-state index in [2.05, 4.69) is 25.5 Å².